The van der Waals surface area contributed by atoms with E-state index in [-0.39, 0.29) is 17.9 Å². The molecule has 2 heterocycles. The number of nitrogens with zero attached hydrogens (tertiary/aromatic N) is 3. The van der Waals surface area contributed by atoms with Crippen LogP contribution >= 0.6 is 0 Å². The number of aromatic nitrogens is 3. The normalized spacial score (nSPS) is 11.9. The van der Waals surface area contributed by atoms with Crippen LogP contribution in [-0.4, -0.2) is 38.8 Å². The van der Waals surface area contributed by atoms with E-state index in [1.807, 2.05) is 40.7 Å². The monoisotopic (exact) mass is 318 g/mol. The number of hydrogen-bond acceptors (Lipinski definition) is 4. The lowest BCUT2D eigenvalue weighted by atomic mass is 9.83. The summed E-state index contributed by atoms with van der Waals surface area (Å²) >= 11 is 0. The van der Waals surface area contributed by atoms with Gasteiger partial charge < -0.3 is 10.4 Å². The fourth-order valence-electron chi connectivity index (χ4n) is 2.83. The Morgan fingerprint density at radius 2 is 1.96 bits per heavy atom. The average Bonchev–Trinajstić information content (AvgIpc) is 2.85. The summed E-state index contributed by atoms with van der Waals surface area (Å²) in [6.45, 7) is 10.2. The highest BCUT2D eigenvalue weighted by Gasteiger charge is 2.27. The van der Waals surface area contributed by atoms with Gasteiger partial charge in [-0.3, -0.25) is 4.79 Å². The molecule has 6 nitrogen and oxygen atoms in total. The first-order chi connectivity index (χ1) is 10.9. The molecule has 0 aliphatic heterocycles. The summed E-state index contributed by atoms with van der Waals surface area (Å²) in [5.41, 5.74) is 3.28. The van der Waals surface area contributed by atoms with Crippen LogP contribution in [-0.2, 0) is 0 Å². The van der Waals surface area contributed by atoms with Crippen LogP contribution in [0.3, 0.4) is 0 Å². The molecule has 0 atom stereocenters. The number of aliphatic hydroxyl groups excluding tert-OH is 1. The molecule has 0 bridgehead atoms. The lowest BCUT2D eigenvalue weighted by Gasteiger charge is -2.29. The maximum atomic E-state index is 12.7. The molecule has 0 spiro atoms. The molecule has 0 radical (unpaired) electrons. The molecule has 23 heavy (non-hydrogen) atoms. The van der Waals surface area contributed by atoms with E-state index in [2.05, 4.69) is 15.4 Å². The second-order valence-electron chi connectivity index (χ2n) is 6.28. The van der Waals surface area contributed by atoms with Gasteiger partial charge in [0.15, 0.2) is 5.65 Å². The zero-order chi connectivity index (χ0) is 17.2. The molecule has 6 heteroatoms. The van der Waals surface area contributed by atoms with E-state index in [0.29, 0.717) is 23.4 Å². The van der Waals surface area contributed by atoms with E-state index < -0.39 is 0 Å². The van der Waals surface area contributed by atoms with Crippen molar-refractivity contribution in [2.24, 2.45) is 5.41 Å². The minimum Gasteiger partial charge on any atom is -0.396 e. The van der Waals surface area contributed by atoms with Crippen LogP contribution in [0, 0.1) is 26.2 Å². The molecular formula is C17H26N4O2. The Morgan fingerprint density at radius 3 is 2.52 bits per heavy atom. The van der Waals surface area contributed by atoms with Gasteiger partial charge in [-0.05, 0) is 39.7 Å². The molecular weight excluding hydrogens is 292 g/mol. The third-order valence-electron chi connectivity index (χ3n) is 4.76. The van der Waals surface area contributed by atoms with E-state index in [4.69, 9.17) is 0 Å². The van der Waals surface area contributed by atoms with Crippen LogP contribution < -0.4 is 5.32 Å². The predicted octanol–water partition coefficient (Wildman–Crippen LogP) is 2.18. The Hall–Kier alpha value is -1.95. The SMILES string of the molecule is CCC(CC)(CO)CNC(=O)c1c(C)nn2c(C)cc(C)nc12. The Labute approximate surface area is 136 Å². The second kappa shape index (κ2) is 6.66. The lowest BCUT2D eigenvalue weighted by molar-refractivity contribution is 0.0852. The summed E-state index contributed by atoms with van der Waals surface area (Å²) in [6.07, 6.45) is 1.62. The molecule has 0 aliphatic carbocycles. The first-order valence-electron chi connectivity index (χ1n) is 8.10. The Balaban J connectivity index is 2.33. The standard InChI is InChI=1S/C17H26N4O2/c1-6-17(7-2,10-22)9-18-16(23)14-13(5)20-21-12(4)8-11(3)19-15(14)21/h8,22H,6-7,9-10H2,1-5H3,(H,18,23). The minimum absolute atomic E-state index is 0.0600. The van der Waals surface area contributed by atoms with Crippen molar-refractivity contribution in [1.29, 1.82) is 0 Å². The van der Waals surface area contributed by atoms with Gasteiger partial charge in [0.1, 0.15) is 5.56 Å². The van der Waals surface area contributed by atoms with Crippen molar-refractivity contribution < 1.29 is 9.90 Å². The van der Waals surface area contributed by atoms with Gasteiger partial charge in [0, 0.05) is 23.3 Å². The van der Waals surface area contributed by atoms with Crippen LogP contribution in [0.1, 0.15) is 54.1 Å². The molecule has 0 unspecified atom stereocenters. The van der Waals surface area contributed by atoms with Crippen molar-refractivity contribution in [2.45, 2.75) is 47.5 Å². The maximum absolute atomic E-state index is 12.7. The first-order valence-corrected chi connectivity index (χ1v) is 8.10. The highest BCUT2D eigenvalue weighted by Crippen LogP contribution is 2.25. The Bertz CT molecular complexity index is 709. The Kier molecular flexibility index (Phi) is 5.04. The van der Waals surface area contributed by atoms with E-state index in [1.54, 1.807) is 4.52 Å². The molecule has 0 fully saturated rings. The smallest absolute Gasteiger partial charge is 0.257 e. The van der Waals surface area contributed by atoms with Crippen molar-refractivity contribution in [2.75, 3.05) is 13.2 Å². The third-order valence-corrected chi connectivity index (χ3v) is 4.76. The van der Waals surface area contributed by atoms with Gasteiger partial charge in [0.05, 0.1) is 12.3 Å². The minimum atomic E-state index is -0.272. The number of rotatable bonds is 6. The molecule has 2 aromatic heterocycles. The van der Waals surface area contributed by atoms with Crippen molar-refractivity contribution in [3.8, 4) is 0 Å². The summed E-state index contributed by atoms with van der Waals surface area (Å²) in [5.74, 6) is -0.185. The third kappa shape index (κ3) is 3.22. The average molecular weight is 318 g/mol. The van der Waals surface area contributed by atoms with Crippen LogP contribution in [0.4, 0.5) is 0 Å². The van der Waals surface area contributed by atoms with E-state index in [9.17, 15) is 9.90 Å². The van der Waals surface area contributed by atoms with Crippen molar-refractivity contribution in [1.82, 2.24) is 19.9 Å². The van der Waals surface area contributed by atoms with Crippen molar-refractivity contribution >= 4 is 11.6 Å². The van der Waals surface area contributed by atoms with Crippen LogP contribution in [0.25, 0.3) is 5.65 Å². The summed E-state index contributed by atoms with van der Waals surface area (Å²) in [5, 5.41) is 17.0. The largest absolute Gasteiger partial charge is 0.396 e. The van der Waals surface area contributed by atoms with Crippen LogP contribution in [0.15, 0.2) is 6.07 Å². The number of carbonyl (C=O) groups excluding carboxylic acids is 1. The number of fused-ring (bicyclic) bond motifs is 1. The van der Waals surface area contributed by atoms with Crippen molar-refractivity contribution in [3.05, 3.63) is 28.7 Å². The Morgan fingerprint density at radius 1 is 1.30 bits per heavy atom. The summed E-state index contributed by atoms with van der Waals surface area (Å²) < 4.78 is 1.70. The maximum Gasteiger partial charge on any atom is 0.257 e. The number of aryl methyl sites for hydroxylation is 3. The fourth-order valence-corrected chi connectivity index (χ4v) is 2.83. The topological polar surface area (TPSA) is 79.5 Å². The first kappa shape index (κ1) is 17.4. The quantitative estimate of drug-likeness (QED) is 0.855. The summed E-state index contributed by atoms with van der Waals surface area (Å²) in [4.78, 5) is 17.1. The zero-order valence-corrected chi connectivity index (χ0v) is 14.6. The fraction of sp³-hybridized carbons (Fsp3) is 0.588. The predicted molar refractivity (Wildman–Crippen MR) is 89.6 cm³/mol. The highest BCUT2D eigenvalue weighted by molar-refractivity contribution is 6.01. The zero-order valence-electron chi connectivity index (χ0n) is 14.6. The van der Waals surface area contributed by atoms with Gasteiger partial charge in [-0.2, -0.15) is 5.10 Å². The number of hydrogen-bond donors (Lipinski definition) is 2. The number of nitrogens with one attached hydrogen (secondary N) is 1. The number of carbonyl (C=O) groups is 1. The van der Waals surface area contributed by atoms with Crippen LogP contribution in [0.2, 0.25) is 0 Å². The summed E-state index contributed by atoms with van der Waals surface area (Å²) in [6, 6.07) is 1.94. The van der Waals surface area contributed by atoms with Gasteiger partial charge in [-0.25, -0.2) is 9.50 Å². The van der Waals surface area contributed by atoms with Gasteiger partial charge in [0.25, 0.3) is 5.91 Å². The molecule has 1 amide bonds. The molecule has 126 valence electrons. The highest BCUT2D eigenvalue weighted by atomic mass is 16.3. The van der Waals surface area contributed by atoms with Gasteiger partial charge >= 0.3 is 0 Å². The summed E-state index contributed by atoms with van der Waals surface area (Å²) in [7, 11) is 0. The molecule has 0 aromatic carbocycles. The van der Waals surface area contributed by atoms with E-state index in [0.717, 1.165) is 24.2 Å². The van der Waals surface area contributed by atoms with Gasteiger partial charge in [-0.1, -0.05) is 13.8 Å². The molecule has 2 rings (SSSR count). The number of amides is 1. The van der Waals surface area contributed by atoms with E-state index >= 15 is 0 Å². The van der Waals surface area contributed by atoms with E-state index in [1.165, 1.54) is 0 Å². The second-order valence-corrected chi connectivity index (χ2v) is 6.28. The molecule has 0 aliphatic rings. The van der Waals surface area contributed by atoms with Crippen LogP contribution in [0.5, 0.6) is 0 Å². The number of aliphatic hydroxyl groups is 1. The van der Waals surface area contributed by atoms with Gasteiger partial charge in [-0.15, -0.1) is 0 Å². The molecule has 2 aromatic rings. The lowest BCUT2D eigenvalue weighted by Crippen LogP contribution is -2.39. The van der Waals surface area contributed by atoms with Gasteiger partial charge in [0.2, 0.25) is 0 Å². The molecule has 0 saturated carbocycles. The van der Waals surface area contributed by atoms with Crippen molar-refractivity contribution in [3.63, 3.8) is 0 Å². The molecule has 2 N–H and O–H groups in total. The molecule has 0 saturated heterocycles.